The largest absolute Gasteiger partial charge is 0.475 e. The molecule has 2 heterocycles. The number of nitrogens with zero attached hydrogens (tertiary/aromatic N) is 1. The van der Waals surface area contributed by atoms with Gasteiger partial charge in [0.25, 0.3) is 0 Å². The number of amides is 1. The molecule has 2 fully saturated rings. The lowest BCUT2D eigenvalue weighted by Crippen LogP contribution is -2.53. The normalized spacial score (nSPS) is 27.3. The Morgan fingerprint density at radius 3 is 2.61 bits per heavy atom. The Morgan fingerprint density at radius 2 is 2.00 bits per heavy atom. The van der Waals surface area contributed by atoms with Crippen LogP contribution >= 0.6 is 11.8 Å². The number of carbonyl (C=O) groups is 1. The minimum Gasteiger partial charge on any atom is -0.426 e. The SMILES string of the molecule is NC(C(=O)N1CCCC1B(O)O)C1CCSCC1. The van der Waals surface area contributed by atoms with Crippen LogP contribution in [-0.4, -0.2) is 58.0 Å². The minimum absolute atomic E-state index is 0.109. The lowest BCUT2D eigenvalue weighted by Gasteiger charge is -2.32. The van der Waals surface area contributed by atoms with E-state index < -0.39 is 19.1 Å². The molecule has 0 aromatic heterocycles. The predicted molar refractivity (Wildman–Crippen MR) is 73.0 cm³/mol. The second-order valence-electron chi connectivity index (χ2n) is 5.13. The number of hydrogen-bond donors (Lipinski definition) is 3. The van der Waals surface area contributed by atoms with Crippen LogP contribution in [-0.2, 0) is 4.79 Å². The van der Waals surface area contributed by atoms with Crippen LogP contribution in [0.25, 0.3) is 0 Å². The fraction of sp³-hybridized carbons (Fsp3) is 0.909. The third-order valence-electron chi connectivity index (χ3n) is 3.99. The second-order valence-corrected chi connectivity index (χ2v) is 6.36. The highest BCUT2D eigenvalue weighted by Gasteiger charge is 2.40. The van der Waals surface area contributed by atoms with Crippen molar-refractivity contribution >= 4 is 24.8 Å². The molecule has 0 saturated carbocycles. The molecule has 0 aromatic rings. The van der Waals surface area contributed by atoms with Gasteiger partial charge in [0.1, 0.15) is 0 Å². The first-order valence-electron chi connectivity index (χ1n) is 6.61. The van der Waals surface area contributed by atoms with Crippen LogP contribution in [0.1, 0.15) is 25.7 Å². The Balaban J connectivity index is 1.96. The molecule has 18 heavy (non-hydrogen) atoms. The molecule has 102 valence electrons. The molecule has 7 heteroatoms. The van der Waals surface area contributed by atoms with Crippen molar-refractivity contribution in [2.24, 2.45) is 11.7 Å². The predicted octanol–water partition coefficient (Wildman–Crippen LogP) is -0.540. The van der Waals surface area contributed by atoms with E-state index in [0.29, 0.717) is 13.0 Å². The Hall–Kier alpha value is -0.235. The van der Waals surface area contributed by atoms with Crippen molar-refractivity contribution in [2.45, 2.75) is 37.7 Å². The van der Waals surface area contributed by atoms with Gasteiger partial charge in [-0.1, -0.05) is 0 Å². The highest BCUT2D eigenvalue weighted by molar-refractivity contribution is 7.99. The van der Waals surface area contributed by atoms with E-state index in [1.807, 2.05) is 11.8 Å². The van der Waals surface area contributed by atoms with Gasteiger partial charge in [-0.3, -0.25) is 4.79 Å². The van der Waals surface area contributed by atoms with Crippen LogP contribution in [0.3, 0.4) is 0 Å². The summed E-state index contributed by atoms with van der Waals surface area (Å²) >= 11 is 1.91. The fourth-order valence-corrected chi connectivity index (χ4v) is 3.99. The maximum Gasteiger partial charge on any atom is 0.475 e. The Bertz CT molecular complexity index is 300. The molecule has 2 rings (SSSR count). The Labute approximate surface area is 112 Å². The van der Waals surface area contributed by atoms with E-state index in [-0.39, 0.29) is 11.8 Å². The van der Waals surface area contributed by atoms with Crippen LogP contribution in [0.4, 0.5) is 0 Å². The van der Waals surface area contributed by atoms with Crippen molar-refractivity contribution in [3.63, 3.8) is 0 Å². The molecule has 0 bridgehead atoms. The van der Waals surface area contributed by atoms with E-state index in [1.165, 1.54) is 0 Å². The van der Waals surface area contributed by atoms with Gasteiger partial charge in [0, 0.05) is 6.54 Å². The smallest absolute Gasteiger partial charge is 0.426 e. The fourth-order valence-electron chi connectivity index (χ4n) is 2.84. The van der Waals surface area contributed by atoms with Gasteiger partial charge in [0.2, 0.25) is 5.91 Å². The van der Waals surface area contributed by atoms with E-state index in [9.17, 15) is 14.8 Å². The molecular formula is C11H21BN2O3S. The monoisotopic (exact) mass is 272 g/mol. The minimum atomic E-state index is -1.45. The van der Waals surface area contributed by atoms with Crippen molar-refractivity contribution in [3.05, 3.63) is 0 Å². The van der Waals surface area contributed by atoms with Crippen molar-refractivity contribution < 1.29 is 14.8 Å². The molecule has 0 aromatic carbocycles. The molecule has 5 nitrogen and oxygen atoms in total. The van der Waals surface area contributed by atoms with E-state index in [0.717, 1.165) is 30.8 Å². The van der Waals surface area contributed by atoms with Gasteiger partial charge < -0.3 is 20.7 Å². The van der Waals surface area contributed by atoms with Gasteiger partial charge in [-0.25, -0.2) is 0 Å². The summed E-state index contributed by atoms with van der Waals surface area (Å²) in [6.45, 7) is 0.594. The van der Waals surface area contributed by atoms with E-state index in [1.54, 1.807) is 4.90 Å². The third-order valence-corrected chi connectivity index (χ3v) is 5.03. The molecule has 1 amide bonds. The number of nitrogens with two attached hydrogens (primary N) is 1. The number of hydrogen-bond acceptors (Lipinski definition) is 5. The van der Waals surface area contributed by atoms with Crippen molar-refractivity contribution in [2.75, 3.05) is 18.1 Å². The highest BCUT2D eigenvalue weighted by Crippen LogP contribution is 2.27. The third kappa shape index (κ3) is 3.01. The summed E-state index contributed by atoms with van der Waals surface area (Å²) in [5.74, 6) is 1.80. The zero-order valence-corrected chi connectivity index (χ0v) is 11.3. The van der Waals surface area contributed by atoms with Crippen LogP contribution in [0.15, 0.2) is 0 Å². The summed E-state index contributed by atoms with van der Waals surface area (Å²) in [6.07, 6.45) is 3.44. The average molecular weight is 272 g/mol. The van der Waals surface area contributed by atoms with Gasteiger partial charge in [-0.05, 0) is 43.1 Å². The molecule has 4 N–H and O–H groups in total. The first kappa shape index (κ1) is 14.2. The van der Waals surface area contributed by atoms with Crippen LogP contribution in [0.5, 0.6) is 0 Å². The second kappa shape index (κ2) is 6.28. The summed E-state index contributed by atoms with van der Waals surface area (Å²) in [6, 6.07) is -0.481. The average Bonchev–Trinajstić information content (AvgIpc) is 2.87. The van der Waals surface area contributed by atoms with Crippen molar-refractivity contribution in [1.82, 2.24) is 4.90 Å². The topological polar surface area (TPSA) is 86.8 Å². The van der Waals surface area contributed by atoms with Crippen molar-refractivity contribution in [3.8, 4) is 0 Å². The standard InChI is InChI=1S/C11H21BN2O3S/c13-10(8-3-6-18-7-4-8)11(15)14-5-1-2-9(14)12(16)17/h8-10,16-17H,1-7,13H2. The Morgan fingerprint density at radius 1 is 1.33 bits per heavy atom. The van der Waals surface area contributed by atoms with Crippen LogP contribution < -0.4 is 5.73 Å². The molecular weight excluding hydrogens is 251 g/mol. The van der Waals surface area contributed by atoms with Gasteiger partial charge in [-0.2, -0.15) is 11.8 Å². The quantitative estimate of drug-likeness (QED) is 0.601. The summed E-state index contributed by atoms with van der Waals surface area (Å²) in [4.78, 5) is 13.9. The summed E-state index contributed by atoms with van der Waals surface area (Å²) in [7, 11) is -1.45. The Kier molecular flexibility index (Phi) is 4.94. The van der Waals surface area contributed by atoms with Gasteiger partial charge in [-0.15, -0.1) is 0 Å². The lowest BCUT2D eigenvalue weighted by molar-refractivity contribution is -0.134. The van der Waals surface area contributed by atoms with Crippen LogP contribution in [0, 0.1) is 5.92 Å². The number of rotatable bonds is 3. The van der Waals surface area contributed by atoms with Gasteiger partial charge in [0.15, 0.2) is 0 Å². The first-order valence-corrected chi connectivity index (χ1v) is 7.76. The molecule has 2 atom stereocenters. The maximum absolute atomic E-state index is 12.3. The van der Waals surface area contributed by atoms with Gasteiger partial charge in [0.05, 0.1) is 12.0 Å². The molecule has 0 aliphatic carbocycles. The zero-order valence-electron chi connectivity index (χ0n) is 10.5. The van der Waals surface area contributed by atoms with E-state index >= 15 is 0 Å². The molecule has 2 aliphatic heterocycles. The highest BCUT2D eigenvalue weighted by atomic mass is 32.2. The molecule has 2 unspecified atom stereocenters. The molecule has 2 saturated heterocycles. The number of thioether (sulfide) groups is 1. The number of likely N-dealkylation sites (tertiary alicyclic amines) is 1. The maximum atomic E-state index is 12.3. The molecule has 2 aliphatic rings. The van der Waals surface area contributed by atoms with Crippen molar-refractivity contribution in [1.29, 1.82) is 0 Å². The summed E-state index contributed by atoms with van der Waals surface area (Å²) < 4.78 is 0. The first-order chi connectivity index (χ1) is 8.61. The molecule has 0 spiro atoms. The zero-order chi connectivity index (χ0) is 13.1. The molecule has 0 radical (unpaired) electrons. The van der Waals surface area contributed by atoms with Crippen LogP contribution in [0.2, 0.25) is 0 Å². The van der Waals surface area contributed by atoms with Gasteiger partial charge >= 0.3 is 7.12 Å². The summed E-state index contributed by atoms with van der Waals surface area (Å²) in [5, 5.41) is 18.6. The number of carbonyl (C=O) groups excluding carboxylic acids is 1. The van der Waals surface area contributed by atoms with E-state index in [4.69, 9.17) is 5.73 Å². The van der Waals surface area contributed by atoms with E-state index in [2.05, 4.69) is 0 Å². The lowest BCUT2D eigenvalue weighted by atomic mass is 9.77. The summed E-state index contributed by atoms with van der Waals surface area (Å²) in [5.41, 5.74) is 6.07.